The SMILES string of the molecule is CC(NC(=O)c1csc(CCN)n1)c1cccs1.Cl. The Labute approximate surface area is 126 Å². The maximum absolute atomic E-state index is 12.0. The number of hydrogen-bond donors (Lipinski definition) is 2. The third kappa shape index (κ3) is 4.28. The third-order valence-corrected chi connectivity index (χ3v) is 4.42. The van der Waals surface area contributed by atoms with E-state index in [1.807, 2.05) is 24.4 Å². The van der Waals surface area contributed by atoms with Crippen LogP contribution in [-0.4, -0.2) is 17.4 Å². The standard InChI is InChI=1S/C12H15N3OS2.ClH/c1-8(10-3-2-6-17-10)14-12(16)9-7-18-11(15-9)4-5-13;/h2-3,6-8H,4-5,13H2,1H3,(H,14,16);1H. The molecule has 0 radical (unpaired) electrons. The van der Waals surface area contributed by atoms with E-state index >= 15 is 0 Å². The largest absolute Gasteiger partial charge is 0.343 e. The van der Waals surface area contributed by atoms with Crippen molar-refractivity contribution in [3.05, 3.63) is 38.5 Å². The van der Waals surface area contributed by atoms with Crippen molar-refractivity contribution >= 4 is 41.0 Å². The number of amides is 1. The topological polar surface area (TPSA) is 68.0 Å². The van der Waals surface area contributed by atoms with Crippen LogP contribution in [0.25, 0.3) is 0 Å². The van der Waals surface area contributed by atoms with Crippen LogP contribution < -0.4 is 11.1 Å². The maximum Gasteiger partial charge on any atom is 0.271 e. The van der Waals surface area contributed by atoms with E-state index in [4.69, 9.17) is 5.73 Å². The van der Waals surface area contributed by atoms with Crippen molar-refractivity contribution in [3.8, 4) is 0 Å². The van der Waals surface area contributed by atoms with Gasteiger partial charge in [-0.15, -0.1) is 35.1 Å². The quantitative estimate of drug-likeness (QED) is 0.890. The van der Waals surface area contributed by atoms with Crippen molar-refractivity contribution in [1.82, 2.24) is 10.3 Å². The van der Waals surface area contributed by atoms with E-state index in [2.05, 4.69) is 10.3 Å². The third-order valence-electron chi connectivity index (χ3n) is 2.46. The van der Waals surface area contributed by atoms with Crippen LogP contribution in [0.5, 0.6) is 0 Å². The van der Waals surface area contributed by atoms with Gasteiger partial charge in [0, 0.05) is 16.7 Å². The Balaban J connectivity index is 0.00000180. The van der Waals surface area contributed by atoms with E-state index in [-0.39, 0.29) is 24.4 Å². The molecule has 2 heterocycles. The highest BCUT2D eigenvalue weighted by Crippen LogP contribution is 2.19. The number of aromatic nitrogens is 1. The Hall–Kier alpha value is -0.950. The molecule has 3 N–H and O–H groups in total. The second-order valence-electron chi connectivity index (χ2n) is 3.88. The first-order chi connectivity index (χ1) is 8.70. The molecule has 0 aliphatic rings. The lowest BCUT2D eigenvalue weighted by Gasteiger charge is -2.10. The van der Waals surface area contributed by atoms with Gasteiger partial charge in [-0.2, -0.15) is 0 Å². The number of hydrogen-bond acceptors (Lipinski definition) is 5. The summed E-state index contributed by atoms with van der Waals surface area (Å²) >= 11 is 3.11. The Bertz CT molecular complexity index is 513. The fourth-order valence-corrected chi connectivity index (χ4v) is 3.06. The van der Waals surface area contributed by atoms with Gasteiger partial charge in [0.25, 0.3) is 5.91 Å². The van der Waals surface area contributed by atoms with Crippen LogP contribution >= 0.6 is 35.1 Å². The number of thiazole rings is 1. The predicted molar refractivity (Wildman–Crippen MR) is 82.3 cm³/mol. The first-order valence-corrected chi connectivity index (χ1v) is 7.45. The van der Waals surface area contributed by atoms with Gasteiger partial charge in [0.2, 0.25) is 0 Å². The van der Waals surface area contributed by atoms with Gasteiger partial charge in [0.1, 0.15) is 5.69 Å². The Morgan fingerprint density at radius 3 is 2.95 bits per heavy atom. The van der Waals surface area contributed by atoms with Gasteiger partial charge in [0.15, 0.2) is 0 Å². The fourth-order valence-electron chi connectivity index (χ4n) is 1.53. The highest BCUT2D eigenvalue weighted by molar-refractivity contribution is 7.10. The van der Waals surface area contributed by atoms with Gasteiger partial charge in [-0.1, -0.05) is 6.07 Å². The summed E-state index contributed by atoms with van der Waals surface area (Å²) < 4.78 is 0. The molecule has 0 bridgehead atoms. The lowest BCUT2D eigenvalue weighted by molar-refractivity contribution is 0.0936. The van der Waals surface area contributed by atoms with E-state index < -0.39 is 0 Å². The summed E-state index contributed by atoms with van der Waals surface area (Å²) in [6.07, 6.45) is 0.721. The monoisotopic (exact) mass is 317 g/mol. The molecular formula is C12H16ClN3OS2. The minimum atomic E-state index is -0.129. The second kappa shape index (κ2) is 7.59. The zero-order chi connectivity index (χ0) is 13.0. The Morgan fingerprint density at radius 1 is 1.53 bits per heavy atom. The summed E-state index contributed by atoms with van der Waals surface area (Å²) in [4.78, 5) is 17.4. The highest BCUT2D eigenvalue weighted by atomic mass is 35.5. The fraction of sp³-hybridized carbons (Fsp3) is 0.333. The van der Waals surface area contributed by atoms with Crippen molar-refractivity contribution in [3.63, 3.8) is 0 Å². The molecule has 0 saturated heterocycles. The van der Waals surface area contributed by atoms with Gasteiger partial charge in [0.05, 0.1) is 11.0 Å². The Morgan fingerprint density at radius 2 is 2.32 bits per heavy atom. The van der Waals surface area contributed by atoms with Crippen LogP contribution in [0.15, 0.2) is 22.9 Å². The van der Waals surface area contributed by atoms with E-state index in [1.165, 1.54) is 11.3 Å². The molecule has 19 heavy (non-hydrogen) atoms. The minimum Gasteiger partial charge on any atom is -0.343 e. The maximum atomic E-state index is 12.0. The number of thiophene rings is 1. The van der Waals surface area contributed by atoms with Crippen molar-refractivity contribution in [2.45, 2.75) is 19.4 Å². The average molecular weight is 318 g/mol. The van der Waals surface area contributed by atoms with Gasteiger partial charge >= 0.3 is 0 Å². The molecular weight excluding hydrogens is 302 g/mol. The molecule has 0 saturated carbocycles. The van der Waals surface area contributed by atoms with Gasteiger partial charge < -0.3 is 11.1 Å². The van der Waals surface area contributed by atoms with E-state index in [0.717, 1.165) is 16.3 Å². The van der Waals surface area contributed by atoms with Crippen LogP contribution in [0.1, 0.15) is 33.3 Å². The van der Waals surface area contributed by atoms with Gasteiger partial charge in [-0.05, 0) is 24.9 Å². The van der Waals surface area contributed by atoms with Crippen LogP contribution in [-0.2, 0) is 6.42 Å². The lowest BCUT2D eigenvalue weighted by atomic mass is 10.2. The molecule has 2 aromatic rings. The smallest absolute Gasteiger partial charge is 0.271 e. The predicted octanol–water partition coefficient (Wildman–Crippen LogP) is 2.62. The van der Waals surface area contributed by atoms with Crippen LogP contribution in [0.4, 0.5) is 0 Å². The molecule has 0 aromatic carbocycles. The summed E-state index contributed by atoms with van der Waals surface area (Å²) in [7, 11) is 0. The molecule has 104 valence electrons. The number of carbonyl (C=O) groups excluding carboxylic acids is 1. The van der Waals surface area contributed by atoms with E-state index in [0.29, 0.717) is 12.2 Å². The molecule has 7 heteroatoms. The molecule has 2 aromatic heterocycles. The number of rotatable bonds is 5. The summed E-state index contributed by atoms with van der Waals surface area (Å²) in [5, 5.41) is 7.63. The number of nitrogens with zero attached hydrogens (tertiary/aromatic N) is 1. The molecule has 4 nitrogen and oxygen atoms in total. The van der Waals surface area contributed by atoms with E-state index in [1.54, 1.807) is 16.7 Å². The molecule has 1 atom stereocenters. The van der Waals surface area contributed by atoms with Crippen molar-refractivity contribution < 1.29 is 4.79 Å². The molecule has 2 rings (SSSR count). The number of nitrogens with one attached hydrogen (secondary N) is 1. The van der Waals surface area contributed by atoms with E-state index in [9.17, 15) is 4.79 Å². The average Bonchev–Trinajstić information content (AvgIpc) is 3.00. The first-order valence-electron chi connectivity index (χ1n) is 5.69. The molecule has 1 amide bonds. The highest BCUT2D eigenvalue weighted by Gasteiger charge is 2.14. The van der Waals surface area contributed by atoms with Gasteiger partial charge in [-0.25, -0.2) is 4.98 Å². The molecule has 0 aliphatic carbocycles. The van der Waals surface area contributed by atoms with Crippen molar-refractivity contribution in [1.29, 1.82) is 0 Å². The second-order valence-corrected chi connectivity index (χ2v) is 5.80. The number of halogens is 1. The summed E-state index contributed by atoms with van der Waals surface area (Å²) in [6.45, 7) is 2.52. The van der Waals surface area contributed by atoms with Crippen LogP contribution in [0.2, 0.25) is 0 Å². The number of carbonyl (C=O) groups is 1. The van der Waals surface area contributed by atoms with Crippen molar-refractivity contribution in [2.24, 2.45) is 5.73 Å². The molecule has 1 unspecified atom stereocenters. The normalized spacial score (nSPS) is 11.7. The summed E-state index contributed by atoms with van der Waals surface area (Å²) in [6, 6.07) is 4.00. The minimum absolute atomic E-state index is 0. The summed E-state index contributed by atoms with van der Waals surface area (Å²) in [5.41, 5.74) is 5.94. The van der Waals surface area contributed by atoms with Crippen LogP contribution in [0, 0.1) is 0 Å². The Kier molecular flexibility index (Phi) is 6.44. The molecule has 0 aliphatic heterocycles. The lowest BCUT2D eigenvalue weighted by Crippen LogP contribution is -2.26. The molecule has 0 spiro atoms. The number of nitrogens with two attached hydrogens (primary N) is 1. The zero-order valence-corrected chi connectivity index (χ0v) is 12.9. The van der Waals surface area contributed by atoms with Crippen molar-refractivity contribution in [2.75, 3.05) is 6.54 Å². The first kappa shape index (κ1) is 16.1. The zero-order valence-electron chi connectivity index (χ0n) is 10.5. The van der Waals surface area contributed by atoms with Gasteiger partial charge in [-0.3, -0.25) is 4.79 Å². The summed E-state index contributed by atoms with van der Waals surface area (Å²) in [5.74, 6) is -0.129. The van der Waals surface area contributed by atoms with Crippen LogP contribution in [0.3, 0.4) is 0 Å². The molecule has 0 fully saturated rings.